The van der Waals surface area contributed by atoms with Gasteiger partial charge < -0.3 is 9.64 Å². The molecule has 0 bridgehead atoms. The average molecular weight is 380 g/mol. The van der Waals surface area contributed by atoms with E-state index >= 15 is 0 Å². The molecular formula is C24H33N3O. The van der Waals surface area contributed by atoms with Gasteiger partial charge in [-0.15, -0.1) is 0 Å². The summed E-state index contributed by atoms with van der Waals surface area (Å²) < 4.78 is 5.92. The largest absolute Gasteiger partial charge is 0.457 e. The van der Waals surface area contributed by atoms with Crippen molar-refractivity contribution in [2.45, 2.75) is 31.8 Å². The van der Waals surface area contributed by atoms with Crippen LogP contribution in [0, 0.1) is 0 Å². The Morgan fingerprint density at radius 3 is 2.04 bits per heavy atom. The van der Waals surface area contributed by atoms with Crippen molar-refractivity contribution < 1.29 is 4.74 Å². The zero-order valence-electron chi connectivity index (χ0n) is 17.3. The molecule has 4 nitrogen and oxygen atoms in total. The van der Waals surface area contributed by atoms with Gasteiger partial charge in [-0.2, -0.15) is 0 Å². The molecule has 1 unspecified atom stereocenters. The van der Waals surface area contributed by atoms with Gasteiger partial charge in [-0.1, -0.05) is 30.3 Å². The van der Waals surface area contributed by atoms with Gasteiger partial charge >= 0.3 is 0 Å². The predicted molar refractivity (Wildman–Crippen MR) is 115 cm³/mol. The van der Waals surface area contributed by atoms with E-state index < -0.39 is 0 Å². The van der Waals surface area contributed by atoms with Crippen LogP contribution in [0.15, 0.2) is 54.6 Å². The van der Waals surface area contributed by atoms with Gasteiger partial charge in [0.2, 0.25) is 0 Å². The minimum atomic E-state index is 0.458. The van der Waals surface area contributed by atoms with E-state index in [9.17, 15) is 0 Å². The summed E-state index contributed by atoms with van der Waals surface area (Å²) in [6.07, 6.45) is 2.59. The molecule has 0 N–H and O–H groups in total. The van der Waals surface area contributed by atoms with Gasteiger partial charge in [0.15, 0.2) is 0 Å². The van der Waals surface area contributed by atoms with Crippen LogP contribution in [-0.2, 0) is 0 Å². The molecule has 0 amide bonds. The Bertz CT molecular complexity index is 717. The van der Waals surface area contributed by atoms with Crippen molar-refractivity contribution in [3.05, 3.63) is 60.2 Å². The van der Waals surface area contributed by atoms with Gasteiger partial charge in [0.1, 0.15) is 11.5 Å². The van der Waals surface area contributed by atoms with Gasteiger partial charge in [0, 0.05) is 51.4 Å². The molecule has 4 rings (SSSR count). The van der Waals surface area contributed by atoms with Crippen LogP contribution >= 0.6 is 0 Å². The third-order valence-electron chi connectivity index (χ3n) is 6.44. The lowest BCUT2D eigenvalue weighted by atomic mass is 9.98. The van der Waals surface area contributed by atoms with E-state index in [-0.39, 0.29) is 0 Å². The molecule has 1 atom stereocenters. The Morgan fingerprint density at radius 2 is 1.39 bits per heavy atom. The molecule has 0 radical (unpaired) electrons. The van der Waals surface area contributed by atoms with Crippen molar-refractivity contribution in [2.24, 2.45) is 0 Å². The highest BCUT2D eigenvalue weighted by molar-refractivity contribution is 5.33. The van der Waals surface area contributed by atoms with Crippen LogP contribution < -0.4 is 4.74 Å². The Morgan fingerprint density at radius 1 is 0.786 bits per heavy atom. The van der Waals surface area contributed by atoms with E-state index in [0.29, 0.717) is 6.04 Å². The lowest BCUT2D eigenvalue weighted by Crippen LogP contribution is -2.52. The van der Waals surface area contributed by atoms with Crippen molar-refractivity contribution in [1.82, 2.24) is 14.7 Å². The van der Waals surface area contributed by atoms with Gasteiger partial charge in [-0.3, -0.25) is 9.80 Å². The fourth-order valence-corrected chi connectivity index (χ4v) is 4.48. The quantitative estimate of drug-likeness (QED) is 0.773. The molecule has 2 fully saturated rings. The number of piperidine rings is 1. The molecule has 0 aromatic heterocycles. The fourth-order valence-electron chi connectivity index (χ4n) is 4.48. The molecule has 0 aliphatic carbocycles. The van der Waals surface area contributed by atoms with Crippen molar-refractivity contribution in [1.29, 1.82) is 0 Å². The summed E-state index contributed by atoms with van der Waals surface area (Å²) in [6.45, 7) is 9.63. The third-order valence-corrected chi connectivity index (χ3v) is 6.44. The lowest BCUT2D eigenvalue weighted by Gasteiger charge is -2.43. The molecular weight excluding hydrogens is 346 g/mol. The molecule has 2 aliphatic heterocycles. The first-order valence-corrected chi connectivity index (χ1v) is 10.7. The first-order valence-electron chi connectivity index (χ1n) is 10.7. The minimum absolute atomic E-state index is 0.458. The molecule has 0 saturated carbocycles. The summed E-state index contributed by atoms with van der Waals surface area (Å²) in [7, 11) is 2.23. The Balaban J connectivity index is 1.29. The number of rotatable bonds is 5. The maximum absolute atomic E-state index is 5.92. The number of para-hydroxylation sites is 1. The minimum Gasteiger partial charge on any atom is -0.457 e. The van der Waals surface area contributed by atoms with E-state index in [2.05, 4.69) is 52.9 Å². The monoisotopic (exact) mass is 379 g/mol. The number of piperazine rings is 1. The highest BCUT2D eigenvalue weighted by Gasteiger charge is 2.28. The molecule has 0 spiro atoms. The Labute approximate surface area is 169 Å². The molecule has 150 valence electrons. The second kappa shape index (κ2) is 9.08. The van der Waals surface area contributed by atoms with E-state index in [1.165, 1.54) is 57.7 Å². The second-order valence-electron chi connectivity index (χ2n) is 8.27. The summed E-state index contributed by atoms with van der Waals surface area (Å²) >= 11 is 0. The lowest BCUT2D eigenvalue weighted by molar-refractivity contribution is 0.0565. The first-order chi connectivity index (χ1) is 13.7. The first kappa shape index (κ1) is 19.4. The smallest absolute Gasteiger partial charge is 0.127 e. The molecule has 2 aliphatic rings. The van der Waals surface area contributed by atoms with Crippen LogP contribution in [0.4, 0.5) is 0 Å². The topological polar surface area (TPSA) is 19.0 Å². The number of likely N-dealkylation sites (tertiary alicyclic amines) is 1. The Kier molecular flexibility index (Phi) is 6.30. The molecule has 2 saturated heterocycles. The molecule has 2 heterocycles. The van der Waals surface area contributed by atoms with Gasteiger partial charge in [0.05, 0.1) is 0 Å². The standard InChI is InChI=1S/C24H33N3O/c1-20(21-8-10-24(11-9-21)28-23-6-4-3-5-7-23)26-14-12-22(13-15-26)27-18-16-25(2)17-19-27/h3-11,20,22H,12-19H2,1-2H3. The number of nitrogens with zero attached hydrogens (tertiary/aromatic N) is 3. The number of hydrogen-bond acceptors (Lipinski definition) is 4. The van der Waals surface area contributed by atoms with E-state index in [1.54, 1.807) is 0 Å². The zero-order chi connectivity index (χ0) is 19.3. The van der Waals surface area contributed by atoms with Crippen molar-refractivity contribution >= 4 is 0 Å². The highest BCUT2D eigenvalue weighted by atomic mass is 16.5. The van der Waals surface area contributed by atoms with Gasteiger partial charge in [-0.05, 0) is 56.6 Å². The number of likely N-dealkylation sites (N-methyl/N-ethyl adjacent to an activating group) is 1. The summed E-state index contributed by atoms with van der Waals surface area (Å²) in [5.74, 6) is 1.78. The summed E-state index contributed by atoms with van der Waals surface area (Å²) in [5, 5.41) is 0. The Hall–Kier alpha value is -1.88. The van der Waals surface area contributed by atoms with Crippen LogP contribution in [0.3, 0.4) is 0 Å². The van der Waals surface area contributed by atoms with Crippen molar-refractivity contribution in [3.8, 4) is 11.5 Å². The molecule has 2 aromatic rings. The number of hydrogen-bond donors (Lipinski definition) is 0. The summed E-state index contributed by atoms with van der Waals surface area (Å²) in [6, 6.07) is 19.8. The average Bonchev–Trinajstić information content (AvgIpc) is 2.75. The predicted octanol–water partition coefficient (Wildman–Crippen LogP) is 4.25. The van der Waals surface area contributed by atoms with Gasteiger partial charge in [-0.25, -0.2) is 0 Å². The maximum atomic E-state index is 5.92. The summed E-state index contributed by atoms with van der Waals surface area (Å²) in [5.41, 5.74) is 1.37. The van der Waals surface area contributed by atoms with Crippen LogP contribution in [0.1, 0.15) is 31.4 Å². The van der Waals surface area contributed by atoms with Crippen LogP contribution in [0.25, 0.3) is 0 Å². The molecule has 28 heavy (non-hydrogen) atoms. The number of benzene rings is 2. The molecule has 4 heteroatoms. The van der Waals surface area contributed by atoms with Crippen molar-refractivity contribution in [2.75, 3.05) is 46.3 Å². The normalized spacial score (nSPS) is 21.5. The maximum Gasteiger partial charge on any atom is 0.127 e. The second-order valence-corrected chi connectivity index (χ2v) is 8.27. The fraction of sp³-hybridized carbons (Fsp3) is 0.500. The third kappa shape index (κ3) is 4.75. The SMILES string of the molecule is CC(c1ccc(Oc2ccccc2)cc1)N1CCC(N2CCN(C)CC2)CC1. The van der Waals surface area contributed by atoms with Crippen LogP contribution in [-0.4, -0.2) is 67.1 Å². The summed E-state index contributed by atoms with van der Waals surface area (Å²) in [4.78, 5) is 7.80. The van der Waals surface area contributed by atoms with Crippen molar-refractivity contribution in [3.63, 3.8) is 0 Å². The van der Waals surface area contributed by atoms with Gasteiger partial charge in [0.25, 0.3) is 0 Å². The van der Waals surface area contributed by atoms with E-state index in [4.69, 9.17) is 4.74 Å². The zero-order valence-corrected chi connectivity index (χ0v) is 17.3. The highest BCUT2D eigenvalue weighted by Crippen LogP contribution is 2.28. The molecule has 2 aromatic carbocycles. The number of ether oxygens (including phenoxy) is 1. The van der Waals surface area contributed by atoms with Crippen LogP contribution in [0.2, 0.25) is 0 Å². The van der Waals surface area contributed by atoms with E-state index in [1.807, 2.05) is 30.3 Å². The van der Waals surface area contributed by atoms with E-state index in [0.717, 1.165) is 17.5 Å². The van der Waals surface area contributed by atoms with Crippen LogP contribution in [0.5, 0.6) is 11.5 Å².